The minimum atomic E-state index is -0.648. The van der Waals surface area contributed by atoms with Crippen molar-refractivity contribution < 1.29 is 9.59 Å². The smallest absolute Gasteiger partial charge is 0.245 e. The quantitative estimate of drug-likeness (QED) is 0.883. The molecule has 0 radical (unpaired) electrons. The molecular weight excluding hydrogens is 254 g/mol. The highest BCUT2D eigenvalue weighted by atomic mass is 16.2. The van der Waals surface area contributed by atoms with Crippen molar-refractivity contribution in [2.24, 2.45) is 0 Å². The van der Waals surface area contributed by atoms with Crippen molar-refractivity contribution in [2.75, 3.05) is 13.1 Å². The third-order valence-electron chi connectivity index (χ3n) is 3.85. The Balaban J connectivity index is 1.97. The van der Waals surface area contributed by atoms with Gasteiger partial charge in [-0.05, 0) is 32.4 Å². The van der Waals surface area contributed by atoms with Crippen molar-refractivity contribution in [3.63, 3.8) is 0 Å². The third-order valence-corrected chi connectivity index (χ3v) is 3.85. The Morgan fingerprint density at radius 1 is 1.40 bits per heavy atom. The lowest BCUT2D eigenvalue weighted by molar-refractivity contribution is -0.129. The molecule has 5 heteroatoms. The number of amides is 2. The average Bonchev–Trinajstić information content (AvgIpc) is 3.01. The molecule has 1 aliphatic heterocycles. The number of carbonyl (C=O) groups excluding carboxylic acids is 2. The Bertz CT molecular complexity index is 479. The summed E-state index contributed by atoms with van der Waals surface area (Å²) < 4.78 is 1.88. The van der Waals surface area contributed by atoms with Gasteiger partial charge in [-0.1, -0.05) is 6.92 Å². The molecule has 0 saturated carbocycles. The zero-order valence-corrected chi connectivity index (χ0v) is 12.4. The summed E-state index contributed by atoms with van der Waals surface area (Å²) in [5.41, 5.74) is -0.648. The second-order valence-electron chi connectivity index (χ2n) is 5.86. The predicted octanol–water partition coefficient (Wildman–Crippen LogP) is 1.35. The monoisotopic (exact) mass is 277 g/mol. The summed E-state index contributed by atoms with van der Waals surface area (Å²) in [7, 11) is 0. The molecule has 2 rings (SSSR count). The molecule has 0 aromatic carbocycles. The van der Waals surface area contributed by atoms with E-state index in [1.165, 1.54) is 0 Å². The van der Waals surface area contributed by atoms with E-state index in [1.807, 2.05) is 54.8 Å². The van der Waals surface area contributed by atoms with Crippen LogP contribution in [0.5, 0.6) is 0 Å². The molecule has 1 aromatic rings. The normalized spacial score (nSPS) is 19.4. The van der Waals surface area contributed by atoms with Crippen LogP contribution in [0.2, 0.25) is 0 Å². The second kappa shape index (κ2) is 5.69. The highest BCUT2D eigenvalue weighted by Gasteiger charge is 2.35. The molecule has 1 aliphatic rings. The summed E-state index contributed by atoms with van der Waals surface area (Å²) in [6.45, 7) is 7.20. The van der Waals surface area contributed by atoms with E-state index in [1.54, 1.807) is 0 Å². The topological polar surface area (TPSA) is 54.3 Å². The lowest BCUT2D eigenvalue weighted by Crippen LogP contribution is -2.48. The number of carbonyl (C=O) groups is 2. The minimum Gasteiger partial charge on any atom is -0.349 e. The van der Waals surface area contributed by atoms with Gasteiger partial charge in [0.1, 0.15) is 5.54 Å². The van der Waals surface area contributed by atoms with Gasteiger partial charge in [0.05, 0.1) is 6.04 Å². The summed E-state index contributed by atoms with van der Waals surface area (Å²) in [6, 6.07) is 3.73. The van der Waals surface area contributed by atoms with Gasteiger partial charge < -0.3 is 14.8 Å². The van der Waals surface area contributed by atoms with E-state index >= 15 is 0 Å². The third kappa shape index (κ3) is 2.86. The highest BCUT2D eigenvalue weighted by Crippen LogP contribution is 2.18. The molecule has 1 aromatic heterocycles. The van der Waals surface area contributed by atoms with E-state index in [0.717, 1.165) is 13.0 Å². The Labute approximate surface area is 119 Å². The van der Waals surface area contributed by atoms with Gasteiger partial charge in [0.2, 0.25) is 11.8 Å². The van der Waals surface area contributed by atoms with E-state index in [-0.39, 0.29) is 17.9 Å². The molecule has 0 unspecified atom stereocenters. The van der Waals surface area contributed by atoms with Crippen LogP contribution in [0.25, 0.3) is 0 Å². The van der Waals surface area contributed by atoms with Crippen LogP contribution >= 0.6 is 0 Å². The number of aromatic nitrogens is 1. The van der Waals surface area contributed by atoms with Gasteiger partial charge in [-0.25, -0.2) is 0 Å². The van der Waals surface area contributed by atoms with Crippen LogP contribution < -0.4 is 5.32 Å². The Morgan fingerprint density at radius 2 is 2.05 bits per heavy atom. The van der Waals surface area contributed by atoms with Gasteiger partial charge in [-0.15, -0.1) is 0 Å². The van der Waals surface area contributed by atoms with Gasteiger partial charge >= 0.3 is 0 Å². The summed E-state index contributed by atoms with van der Waals surface area (Å²) in [5, 5.41) is 3.00. The van der Waals surface area contributed by atoms with Gasteiger partial charge in [-0.2, -0.15) is 0 Å². The van der Waals surface area contributed by atoms with Crippen LogP contribution in [0.3, 0.4) is 0 Å². The van der Waals surface area contributed by atoms with Gasteiger partial charge in [0.25, 0.3) is 0 Å². The van der Waals surface area contributed by atoms with Crippen molar-refractivity contribution >= 4 is 11.8 Å². The van der Waals surface area contributed by atoms with Crippen molar-refractivity contribution in [2.45, 2.75) is 45.2 Å². The molecule has 1 fully saturated rings. The molecule has 1 atom stereocenters. The Kier molecular flexibility index (Phi) is 4.16. The predicted molar refractivity (Wildman–Crippen MR) is 77.2 cm³/mol. The van der Waals surface area contributed by atoms with E-state index < -0.39 is 5.54 Å². The number of hydrogen-bond acceptors (Lipinski definition) is 2. The van der Waals surface area contributed by atoms with E-state index in [9.17, 15) is 9.59 Å². The fourth-order valence-electron chi connectivity index (χ4n) is 2.54. The number of hydrogen-bond donors (Lipinski definition) is 1. The summed E-state index contributed by atoms with van der Waals surface area (Å²) in [5.74, 6) is 0.0840. The Hall–Kier alpha value is -1.78. The van der Waals surface area contributed by atoms with Crippen LogP contribution in [-0.4, -0.2) is 40.4 Å². The first kappa shape index (κ1) is 14.6. The average molecular weight is 277 g/mol. The maximum absolute atomic E-state index is 12.4. The lowest BCUT2D eigenvalue weighted by Gasteiger charge is -2.27. The molecule has 2 amide bonds. The van der Waals surface area contributed by atoms with E-state index in [0.29, 0.717) is 13.0 Å². The summed E-state index contributed by atoms with van der Waals surface area (Å²) >= 11 is 0. The van der Waals surface area contributed by atoms with Crippen molar-refractivity contribution in [1.29, 1.82) is 0 Å². The van der Waals surface area contributed by atoms with Crippen LogP contribution in [-0.2, 0) is 15.1 Å². The lowest BCUT2D eigenvalue weighted by atomic mass is 10.0. The van der Waals surface area contributed by atoms with Crippen LogP contribution in [0, 0.1) is 0 Å². The number of rotatable bonds is 5. The number of nitrogens with zero attached hydrogens (tertiary/aromatic N) is 2. The van der Waals surface area contributed by atoms with Crippen LogP contribution in [0.1, 0.15) is 33.6 Å². The molecule has 0 spiro atoms. The highest BCUT2D eigenvalue weighted by molar-refractivity contribution is 5.86. The molecule has 0 bridgehead atoms. The fourth-order valence-corrected chi connectivity index (χ4v) is 2.54. The number of nitrogens with one attached hydrogen (secondary N) is 1. The van der Waals surface area contributed by atoms with Gasteiger partial charge in [-0.3, -0.25) is 9.59 Å². The molecule has 1 saturated heterocycles. The summed E-state index contributed by atoms with van der Waals surface area (Å²) in [6.07, 6.45) is 5.11. The first-order valence-electron chi connectivity index (χ1n) is 7.17. The second-order valence-corrected chi connectivity index (χ2v) is 5.86. The largest absolute Gasteiger partial charge is 0.349 e. The molecular formula is C15H23N3O2. The van der Waals surface area contributed by atoms with Crippen molar-refractivity contribution in [3.8, 4) is 0 Å². The molecule has 1 N–H and O–H groups in total. The van der Waals surface area contributed by atoms with Gasteiger partial charge in [0.15, 0.2) is 0 Å². The molecule has 110 valence electrons. The zero-order valence-electron chi connectivity index (χ0n) is 12.4. The Morgan fingerprint density at radius 3 is 2.65 bits per heavy atom. The van der Waals surface area contributed by atoms with Crippen molar-refractivity contribution in [3.05, 3.63) is 24.5 Å². The fraction of sp³-hybridized carbons (Fsp3) is 0.600. The first-order valence-corrected chi connectivity index (χ1v) is 7.17. The molecule has 2 heterocycles. The van der Waals surface area contributed by atoms with Crippen LogP contribution in [0.15, 0.2) is 24.5 Å². The maximum atomic E-state index is 12.4. The van der Waals surface area contributed by atoms with Crippen molar-refractivity contribution in [1.82, 2.24) is 14.8 Å². The van der Waals surface area contributed by atoms with Gasteiger partial charge in [0, 0.05) is 31.9 Å². The van der Waals surface area contributed by atoms with E-state index in [2.05, 4.69) is 5.32 Å². The SMILES string of the molecule is CCCN1C[C@H](NC(=O)C(C)(C)n2cccc2)CC1=O. The minimum absolute atomic E-state index is 0.0511. The first-order chi connectivity index (χ1) is 9.45. The summed E-state index contributed by atoms with van der Waals surface area (Å²) in [4.78, 5) is 26.1. The van der Waals surface area contributed by atoms with E-state index in [4.69, 9.17) is 0 Å². The van der Waals surface area contributed by atoms with Crippen LogP contribution in [0.4, 0.5) is 0 Å². The molecule has 0 aliphatic carbocycles. The molecule has 20 heavy (non-hydrogen) atoms. The standard InChI is InChI=1S/C15H23N3O2/c1-4-7-17-11-12(10-13(17)19)16-14(20)15(2,3)18-8-5-6-9-18/h5-6,8-9,12H,4,7,10-11H2,1-3H3,(H,16,20)/t12-/m1/s1. The zero-order chi connectivity index (χ0) is 14.8. The maximum Gasteiger partial charge on any atom is 0.245 e. The molecule has 5 nitrogen and oxygen atoms in total. The number of likely N-dealkylation sites (tertiary alicyclic amines) is 1.